The Morgan fingerprint density at radius 3 is 2.19 bits per heavy atom. The zero-order valence-corrected chi connectivity index (χ0v) is 13.7. The summed E-state index contributed by atoms with van der Waals surface area (Å²) in [6, 6.07) is 19.6. The van der Waals surface area contributed by atoms with Gasteiger partial charge in [0.05, 0.1) is 16.8 Å². The second-order valence-electron chi connectivity index (χ2n) is 5.91. The van der Waals surface area contributed by atoms with Gasteiger partial charge in [-0.2, -0.15) is 0 Å². The molecule has 4 nitrogen and oxygen atoms in total. The SMILES string of the molecule is O=C1c2ccccc2C(=O)N1c1cccc(OCc2cccc(F)c2)c1. The van der Waals surface area contributed by atoms with Crippen molar-refractivity contribution in [2.45, 2.75) is 6.61 Å². The fourth-order valence-electron chi connectivity index (χ4n) is 2.93. The molecule has 0 N–H and O–H groups in total. The van der Waals surface area contributed by atoms with Crippen molar-refractivity contribution in [3.8, 4) is 5.75 Å². The number of hydrogen-bond acceptors (Lipinski definition) is 3. The zero-order valence-electron chi connectivity index (χ0n) is 13.7. The molecular weight excluding hydrogens is 333 g/mol. The Morgan fingerprint density at radius 2 is 1.50 bits per heavy atom. The molecule has 4 rings (SSSR count). The Kier molecular flexibility index (Phi) is 3.97. The first-order valence-corrected chi connectivity index (χ1v) is 8.08. The lowest BCUT2D eigenvalue weighted by Crippen LogP contribution is -2.29. The molecule has 0 spiro atoms. The van der Waals surface area contributed by atoms with E-state index in [-0.39, 0.29) is 24.2 Å². The van der Waals surface area contributed by atoms with Crippen molar-refractivity contribution in [3.05, 3.63) is 95.3 Å². The van der Waals surface area contributed by atoms with Crippen LogP contribution in [0.3, 0.4) is 0 Å². The highest BCUT2D eigenvalue weighted by Crippen LogP contribution is 2.30. The standard InChI is InChI=1S/C21H14FNO3/c22-15-6-3-5-14(11-15)13-26-17-8-4-7-16(12-17)23-20(24)18-9-1-2-10-19(18)21(23)25/h1-12H,13H2. The van der Waals surface area contributed by atoms with Gasteiger partial charge in [0.25, 0.3) is 11.8 Å². The highest BCUT2D eigenvalue weighted by Gasteiger charge is 2.36. The second kappa shape index (κ2) is 6.44. The van der Waals surface area contributed by atoms with Crippen molar-refractivity contribution in [1.29, 1.82) is 0 Å². The van der Waals surface area contributed by atoms with Crippen molar-refractivity contribution >= 4 is 17.5 Å². The van der Waals surface area contributed by atoms with Crippen LogP contribution in [0, 0.1) is 5.82 Å². The first-order valence-electron chi connectivity index (χ1n) is 8.08. The van der Waals surface area contributed by atoms with E-state index in [0.29, 0.717) is 28.1 Å². The average molecular weight is 347 g/mol. The molecule has 128 valence electrons. The number of imide groups is 1. The molecule has 3 aromatic rings. The maximum atomic E-state index is 13.2. The van der Waals surface area contributed by atoms with Crippen LogP contribution >= 0.6 is 0 Å². The van der Waals surface area contributed by atoms with Crippen molar-refractivity contribution in [3.63, 3.8) is 0 Å². The topological polar surface area (TPSA) is 46.6 Å². The maximum Gasteiger partial charge on any atom is 0.266 e. The number of amides is 2. The van der Waals surface area contributed by atoms with Crippen LogP contribution in [0.15, 0.2) is 72.8 Å². The van der Waals surface area contributed by atoms with Crippen LogP contribution in [0.1, 0.15) is 26.3 Å². The molecule has 0 saturated carbocycles. The molecule has 1 aliphatic rings. The molecule has 1 aliphatic heterocycles. The van der Waals surface area contributed by atoms with E-state index < -0.39 is 0 Å². The van der Waals surface area contributed by atoms with Gasteiger partial charge >= 0.3 is 0 Å². The van der Waals surface area contributed by atoms with Gasteiger partial charge in [-0.1, -0.05) is 30.3 Å². The third-order valence-electron chi connectivity index (χ3n) is 4.16. The minimum Gasteiger partial charge on any atom is -0.489 e. The first kappa shape index (κ1) is 16.0. The number of hydrogen-bond donors (Lipinski definition) is 0. The number of nitrogens with zero attached hydrogens (tertiary/aromatic N) is 1. The van der Waals surface area contributed by atoms with E-state index in [1.807, 2.05) is 0 Å². The van der Waals surface area contributed by atoms with E-state index in [1.54, 1.807) is 60.7 Å². The molecule has 0 unspecified atom stereocenters. The van der Waals surface area contributed by atoms with Gasteiger partial charge in [0.15, 0.2) is 0 Å². The van der Waals surface area contributed by atoms with E-state index in [9.17, 15) is 14.0 Å². The van der Waals surface area contributed by atoms with Gasteiger partial charge in [-0.05, 0) is 42.0 Å². The minimum atomic E-state index is -0.354. The molecule has 0 aromatic heterocycles. The summed E-state index contributed by atoms with van der Waals surface area (Å²) in [5.41, 5.74) is 1.91. The van der Waals surface area contributed by atoms with Gasteiger partial charge in [0, 0.05) is 6.07 Å². The van der Waals surface area contributed by atoms with Crippen LogP contribution in [0.5, 0.6) is 5.75 Å². The van der Waals surface area contributed by atoms with Crippen molar-refractivity contribution in [2.24, 2.45) is 0 Å². The van der Waals surface area contributed by atoms with Crippen LogP contribution in [-0.2, 0) is 6.61 Å². The number of benzene rings is 3. The van der Waals surface area contributed by atoms with Gasteiger partial charge in [-0.15, -0.1) is 0 Å². The van der Waals surface area contributed by atoms with Crippen LogP contribution < -0.4 is 9.64 Å². The third-order valence-corrected chi connectivity index (χ3v) is 4.16. The number of rotatable bonds is 4. The predicted molar refractivity (Wildman–Crippen MR) is 94.8 cm³/mol. The number of ether oxygens (including phenoxy) is 1. The molecular formula is C21H14FNO3. The molecule has 2 amide bonds. The molecule has 3 aromatic carbocycles. The summed E-state index contributed by atoms with van der Waals surface area (Å²) in [5, 5.41) is 0. The lowest BCUT2D eigenvalue weighted by molar-refractivity contribution is 0.0926. The monoisotopic (exact) mass is 347 g/mol. The number of carbonyl (C=O) groups is 2. The predicted octanol–water partition coefficient (Wildman–Crippen LogP) is 4.21. The summed E-state index contributed by atoms with van der Waals surface area (Å²) in [6.45, 7) is 0.184. The number of halogens is 1. The fourth-order valence-corrected chi connectivity index (χ4v) is 2.93. The second-order valence-corrected chi connectivity index (χ2v) is 5.91. The average Bonchev–Trinajstić information content (AvgIpc) is 2.91. The molecule has 0 atom stereocenters. The van der Waals surface area contributed by atoms with Crippen LogP contribution in [0.4, 0.5) is 10.1 Å². The fraction of sp³-hybridized carbons (Fsp3) is 0.0476. The van der Waals surface area contributed by atoms with Crippen molar-refractivity contribution < 1.29 is 18.7 Å². The highest BCUT2D eigenvalue weighted by molar-refractivity contribution is 6.34. The minimum absolute atomic E-state index is 0.184. The lowest BCUT2D eigenvalue weighted by atomic mass is 10.1. The summed E-state index contributed by atoms with van der Waals surface area (Å²) in [6.07, 6.45) is 0. The quantitative estimate of drug-likeness (QED) is 0.665. The number of carbonyl (C=O) groups excluding carboxylic acids is 2. The smallest absolute Gasteiger partial charge is 0.266 e. The molecule has 0 saturated heterocycles. The Balaban J connectivity index is 1.57. The Hall–Kier alpha value is -3.47. The van der Waals surface area contributed by atoms with E-state index in [2.05, 4.69) is 0 Å². The Morgan fingerprint density at radius 1 is 0.808 bits per heavy atom. The zero-order chi connectivity index (χ0) is 18.1. The first-order chi connectivity index (χ1) is 12.6. The Bertz CT molecular complexity index is 980. The summed E-state index contributed by atoms with van der Waals surface area (Å²) in [5.74, 6) is -0.546. The molecule has 0 bridgehead atoms. The van der Waals surface area contributed by atoms with E-state index in [1.165, 1.54) is 12.1 Å². The molecule has 0 fully saturated rings. The molecule has 26 heavy (non-hydrogen) atoms. The van der Waals surface area contributed by atoms with Gasteiger partial charge in [-0.3, -0.25) is 9.59 Å². The van der Waals surface area contributed by atoms with E-state index in [4.69, 9.17) is 4.74 Å². The summed E-state index contributed by atoms with van der Waals surface area (Å²) in [7, 11) is 0. The Labute approximate surface area is 149 Å². The van der Waals surface area contributed by atoms with Gasteiger partial charge < -0.3 is 4.74 Å². The van der Waals surface area contributed by atoms with E-state index in [0.717, 1.165) is 4.90 Å². The van der Waals surface area contributed by atoms with Gasteiger partial charge in [0.1, 0.15) is 18.2 Å². The summed E-state index contributed by atoms with van der Waals surface area (Å²) < 4.78 is 18.9. The third kappa shape index (κ3) is 2.84. The van der Waals surface area contributed by atoms with Crippen LogP contribution in [0.2, 0.25) is 0 Å². The molecule has 5 heteroatoms. The van der Waals surface area contributed by atoms with E-state index >= 15 is 0 Å². The lowest BCUT2D eigenvalue weighted by Gasteiger charge is -2.15. The largest absolute Gasteiger partial charge is 0.489 e. The van der Waals surface area contributed by atoms with Crippen molar-refractivity contribution in [2.75, 3.05) is 4.90 Å². The molecule has 0 aliphatic carbocycles. The van der Waals surface area contributed by atoms with Gasteiger partial charge in [-0.25, -0.2) is 9.29 Å². The summed E-state index contributed by atoms with van der Waals surface area (Å²) >= 11 is 0. The highest BCUT2D eigenvalue weighted by atomic mass is 19.1. The molecule has 0 radical (unpaired) electrons. The summed E-state index contributed by atoms with van der Waals surface area (Å²) in [4.78, 5) is 26.3. The number of anilines is 1. The van der Waals surface area contributed by atoms with Crippen LogP contribution in [-0.4, -0.2) is 11.8 Å². The molecule has 1 heterocycles. The normalized spacial score (nSPS) is 13.0. The maximum absolute atomic E-state index is 13.2. The van der Waals surface area contributed by atoms with Crippen LogP contribution in [0.25, 0.3) is 0 Å². The van der Waals surface area contributed by atoms with Crippen molar-refractivity contribution in [1.82, 2.24) is 0 Å². The van der Waals surface area contributed by atoms with Gasteiger partial charge in [0.2, 0.25) is 0 Å². The number of fused-ring (bicyclic) bond motifs is 1.